The lowest BCUT2D eigenvalue weighted by atomic mass is 9.75. The summed E-state index contributed by atoms with van der Waals surface area (Å²) >= 11 is 6.14. The van der Waals surface area contributed by atoms with Crippen LogP contribution in [-0.4, -0.2) is 18.0 Å². The molecule has 3 nitrogen and oxygen atoms in total. The smallest absolute Gasteiger partial charge is 0.196 e. The molecule has 3 rings (SSSR count). The molecule has 0 saturated heterocycles. The number of nitrogens with two attached hydrogens (primary N) is 1. The number of nitrogens with zero attached hydrogens (tertiary/aromatic N) is 2. The molecule has 0 amide bonds. The molecule has 1 saturated carbocycles. The van der Waals surface area contributed by atoms with E-state index < -0.39 is 0 Å². The van der Waals surface area contributed by atoms with E-state index in [4.69, 9.17) is 17.3 Å². The Labute approximate surface area is 125 Å². The highest BCUT2D eigenvalue weighted by molar-refractivity contribution is 6.31. The molecule has 0 bridgehead atoms. The molecule has 0 aromatic heterocycles. The fraction of sp³-hybridized carbons (Fsp3) is 0.562. The van der Waals surface area contributed by atoms with Crippen molar-refractivity contribution in [1.82, 2.24) is 0 Å². The lowest BCUT2D eigenvalue weighted by Crippen LogP contribution is -2.53. The Hall–Kier alpha value is -1.22. The van der Waals surface area contributed by atoms with Crippen molar-refractivity contribution >= 4 is 23.2 Å². The normalized spacial score (nSPS) is 29.8. The van der Waals surface area contributed by atoms with Crippen molar-refractivity contribution in [2.45, 2.75) is 44.6 Å². The monoisotopic (exact) mass is 291 g/mol. The molecule has 1 fully saturated rings. The van der Waals surface area contributed by atoms with Gasteiger partial charge in [0.2, 0.25) is 0 Å². The van der Waals surface area contributed by atoms with Gasteiger partial charge in [0.1, 0.15) is 0 Å². The zero-order chi connectivity index (χ0) is 14.2. The van der Waals surface area contributed by atoms with Crippen molar-refractivity contribution in [1.29, 1.82) is 0 Å². The van der Waals surface area contributed by atoms with E-state index in [1.165, 1.54) is 32.1 Å². The van der Waals surface area contributed by atoms with Gasteiger partial charge in [0, 0.05) is 10.7 Å². The Bertz CT molecular complexity index is 518. The van der Waals surface area contributed by atoms with E-state index in [-0.39, 0.29) is 5.54 Å². The van der Waals surface area contributed by atoms with Gasteiger partial charge in [-0.15, -0.1) is 0 Å². The molecule has 2 aliphatic rings. The van der Waals surface area contributed by atoms with Gasteiger partial charge in [-0.05, 0) is 49.8 Å². The van der Waals surface area contributed by atoms with E-state index in [9.17, 15) is 0 Å². The molecule has 4 heteroatoms. The predicted octanol–water partition coefficient (Wildman–Crippen LogP) is 3.81. The van der Waals surface area contributed by atoms with E-state index >= 15 is 0 Å². The Morgan fingerprint density at radius 1 is 1.40 bits per heavy atom. The maximum atomic E-state index is 6.17. The second-order valence-corrected chi connectivity index (χ2v) is 6.50. The zero-order valence-electron chi connectivity index (χ0n) is 12.0. The number of aliphatic imine (C=N–C) groups is 1. The first kappa shape index (κ1) is 13.7. The van der Waals surface area contributed by atoms with Crippen molar-refractivity contribution in [3.05, 3.63) is 29.3 Å². The van der Waals surface area contributed by atoms with Gasteiger partial charge in [0.25, 0.3) is 0 Å². The molecule has 1 aromatic rings. The van der Waals surface area contributed by atoms with Crippen LogP contribution in [0.4, 0.5) is 5.69 Å². The van der Waals surface area contributed by atoms with Crippen LogP contribution < -0.4 is 10.6 Å². The van der Waals surface area contributed by atoms with E-state index in [2.05, 4.69) is 22.9 Å². The number of halogens is 1. The molecule has 108 valence electrons. The predicted molar refractivity (Wildman–Crippen MR) is 85.4 cm³/mol. The van der Waals surface area contributed by atoms with Crippen LogP contribution in [0.3, 0.4) is 0 Å². The molecule has 1 heterocycles. The summed E-state index contributed by atoms with van der Waals surface area (Å²) in [7, 11) is 0. The lowest BCUT2D eigenvalue weighted by Gasteiger charge is -2.44. The molecule has 2 N–H and O–H groups in total. The maximum Gasteiger partial charge on any atom is 0.196 e. The van der Waals surface area contributed by atoms with Gasteiger partial charge in [-0.2, -0.15) is 0 Å². The summed E-state index contributed by atoms with van der Waals surface area (Å²) in [6, 6.07) is 7.94. The van der Waals surface area contributed by atoms with Crippen molar-refractivity contribution in [2.24, 2.45) is 16.6 Å². The fourth-order valence-corrected chi connectivity index (χ4v) is 3.82. The van der Waals surface area contributed by atoms with Gasteiger partial charge in [0.15, 0.2) is 5.96 Å². The molecule has 0 radical (unpaired) electrons. The summed E-state index contributed by atoms with van der Waals surface area (Å²) in [6.45, 7) is 3.11. The van der Waals surface area contributed by atoms with Gasteiger partial charge in [-0.3, -0.25) is 4.99 Å². The molecule has 1 spiro atoms. The first-order chi connectivity index (χ1) is 9.64. The zero-order valence-corrected chi connectivity index (χ0v) is 12.7. The standard InChI is InChI=1S/C16H22ClN3/c1-2-12-6-8-16(9-7-12)11-19-15(18)20(16)14-5-3-4-13(17)10-14/h3-5,10,12H,2,6-9,11H2,1H3,(H2,18,19). The van der Waals surface area contributed by atoms with Crippen LogP contribution in [0, 0.1) is 5.92 Å². The molecule has 1 aliphatic heterocycles. The van der Waals surface area contributed by atoms with Crippen LogP contribution in [0.15, 0.2) is 29.3 Å². The number of hydrogen-bond acceptors (Lipinski definition) is 3. The van der Waals surface area contributed by atoms with Crippen molar-refractivity contribution < 1.29 is 0 Å². The van der Waals surface area contributed by atoms with E-state index in [0.717, 1.165) is 23.2 Å². The molecule has 0 unspecified atom stereocenters. The number of rotatable bonds is 2. The summed E-state index contributed by atoms with van der Waals surface area (Å²) < 4.78 is 0. The minimum atomic E-state index is 0.0838. The minimum Gasteiger partial charge on any atom is -0.369 e. The summed E-state index contributed by atoms with van der Waals surface area (Å²) in [6.07, 6.45) is 6.17. The molecule has 0 atom stereocenters. The van der Waals surface area contributed by atoms with Crippen LogP contribution >= 0.6 is 11.6 Å². The van der Waals surface area contributed by atoms with Crippen LogP contribution in [-0.2, 0) is 0 Å². The summed E-state index contributed by atoms with van der Waals surface area (Å²) in [5.41, 5.74) is 7.33. The quantitative estimate of drug-likeness (QED) is 0.900. The van der Waals surface area contributed by atoms with Crippen molar-refractivity contribution in [2.75, 3.05) is 11.4 Å². The number of benzene rings is 1. The van der Waals surface area contributed by atoms with Crippen LogP contribution in [0.5, 0.6) is 0 Å². The maximum absolute atomic E-state index is 6.17. The third kappa shape index (κ3) is 2.28. The van der Waals surface area contributed by atoms with Crippen LogP contribution in [0.25, 0.3) is 0 Å². The highest BCUT2D eigenvalue weighted by Crippen LogP contribution is 2.42. The highest BCUT2D eigenvalue weighted by Gasteiger charge is 2.45. The van der Waals surface area contributed by atoms with Gasteiger partial charge in [-0.1, -0.05) is 31.0 Å². The van der Waals surface area contributed by atoms with Crippen LogP contribution in [0.2, 0.25) is 5.02 Å². The Balaban J connectivity index is 1.89. The average Bonchev–Trinajstić information content (AvgIpc) is 2.77. The minimum absolute atomic E-state index is 0.0838. The third-order valence-corrected chi connectivity index (χ3v) is 5.15. The Morgan fingerprint density at radius 2 is 2.15 bits per heavy atom. The van der Waals surface area contributed by atoms with E-state index in [1.54, 1.807) is 0 Å². The average molecular weight is 292 g/mol. The van der Waals surface area contributed by atoms with Gasteiger partial charge < -0.3 is 10.6 Å². The van der Waals surface area contributed by atoms with E-state index in [0.29, 0.717) is 5.96 Å². The number of hydrogen-bond donors (Lipinski definition) is 1. The third-order valence-electron chi connectivity index (χ3n) is 4.92. The van der Waals surface area contributed by atoms with Crippen molar-refractivity contribution in [3.63, 3.8) is 0 Å². The summed E-state index contributed by atoms with van der Waals surface area (Å²) in [5.74, 6) is 1.51. The van der Waals surface area contributed by atoms with Gasteiger partial charge in [0.05, 0.1) is 12.1 Å². The Kier molecular flexibility index (Phi) is 3.63. The molecule has 20 heavy (non-hydrogen) atoms. The second kappa shape index (κ2) is 5.28. The van der Waals surface area contributed by atoms with Crippen LogP contribution in [0.1, 0.15) is 39.0 Å². The molecular formula is C16H22ClN3. The Morgan fingerprint density at radius 3 is 2.80 bits per heavy atom. The number of guanidine groups is 1. The largest absolute Gasteiger partial charge is 0.369 e. The SMILES string of the molecule is CCC1CCC2(CC1)CN=C(N)N2c1cccc(Cl)c1. The first-order valence-corrected chi connectivity index (χ1v) is 7.88. The van der Waals surface area contributed by atoms with Gasteiger partial charge in [-0.25, -0.2) is 0 Å². The molecule has 1 aliphatic carbocycles. The second-order valence-electron chi connectivity index (χ2n) is 6.07. The fourth-order valence-electron chi connectivity index (χ4n) is 3.64. The topological polar surface area (TPSA) is 41.6 Å². The summed E-state index contributed by atoms with van der Waals surface area (Å²) in [4.78, 5) is 6.76. The lowest BCUT2D eigenvalue weighted by molar-refractivity contribution is 0.244. The number of anilines is 1. The van der Waals surface area contributed by atoms with Gasteiger partial charge >= 0.3 is 0 Å². The van der Waals surface area contributed by atoms with E-state index in [1.807, 2.05) is 18.2 Å². The first-order valence-electron chi connectivity index (χ1n) is 7.50. The van der Waals surface area contributed by atoms with Crippen molar-refractivity contribution in [3.8, 4) is 0 Å². The molecule has 1 aromatic carbocycles. The highest BCUT2D eigenvalue weighted by atomic mass is 35.5. The molecular weight excluding hydrogens is 270 g/mol. The summed E-state index contributed by atoms with van der Waals surface area (Å²) in [5, 5.41) is 0.750.